The Morgan fingerprint density at radius 3 is 2.82 bits per heavy atom. The summed E-state index contributed by atoms with van der Waals surface area (Å²) in [6.45, 7) is 6.68. The van der Waals surface area contributed by atoms with Crippen molar-refractivity contribution in [3.8, 4) is 0 Å². The van der Waals surface area contributed by atoms with Crippen LogP contribution in [0.1, 0.15) is 30.1 Å². The lowest BCUT2D eigenvalue weighted by atomic mass is 10.1. The van der Waals surface area contributed by atoms with Gasteiger partial charge in [-0.15, -0.1) is 18.3 Å². The van der Waals surface area contributed by atoms with E-state index in [-0.39, 0.29) is 11.7 Å². The average molecular weight is 390 g/mol. The van der Waals surface area contributed by atoms with Crippen LogP contribution in [-0.2, 0) is 6.54 Å². The molecule has 1 atom stereocenters. The topological polar surface area (TPSA) is 57.9 Å². The highest BCUT2D eigenvalue weighted by Gasteiger charge is 2.20. The van der Waals surface area contributed by atoms with Gasteiger partial charge in [0.1, 0.15) is 5.84 Å². The zero-order valence-electron chi connectivity index (χ0n) is 15.9. The van der Waals surface area contributed by atoms with E-state index in [4.69, 9.17) is 5.41 Å². The lowest BCUT2D eigenvalue weighted by Gasteiger charge is -2.14. The average Bonchev–Trinajstić information content (AvgIpc) is 3.23. The number of amidine groups is 1. The number of carbonyl (C=O) groups excluding carboxylic acids is 1. The summed E-state index contributed by atoms with van der Waals surface area (Å²) in [7, 11) is 0. The van der Waals surface area contributed by atoms with Gasteiger partial charge in [0.2, 0.25) is 0 Å². The number of aromatic nitrogens is 1. The third-order valence-corrected chi connectivity index (χ3v) is 6.27. The zero-order valence-corrected chi connectivity index (χ0v) is 16.7. The zero-order chi connectivity index (χ0) is 19.7. The van der Waals surface area contributed by atoms with E-state index < -0.39 is 0 Å². The highest BCUT2D eigenvalue weighted by Crippen LogP contribution is 2.36. The first-order valence-corrected chi connectivity index (χ1v) is 10.3. The van der Waals surface area contributed by atoms with E-state index in [1.165, 1.54) is 15.8 Å². The first-order chi connectivity index (χ1) is 13.6. The molecule has 1 aliphatic rings. The highest BCUT2D eigenvalue weighted by molar-refractivity contribution is 8.03. The van der Waals surface area contributed by atoms with Crippen molar-refractivity contribution in [1.82, 2.24) is 9.88 Å². The van der Waals surface area contributed by atoms with Crippen molar-refractivity contribution in [3.63, 3.8) is 0 Å². The van der Waals surface area contributed by atoms with Gasteiger partial charge in [-0.3, -0.25) is 10.2 Å². The number of para-hydroxylation sites is 1. The molecule has 4 nitrogen and oxygen atoms in total. The molecular formula is C23H23N3OS. The molecule has 0 aliphatic carbocycles. The maximum absolute atomic E-state index is 12.6. The Hall–Kier alpha value is -2.79. The van der Waals surface area contributed by atoms with Gasteiger partial charge in [0.15, 0.2) is 0 Å². The number of rotatable bonds is 5. The van der Waals surface area contributed by atoms with Crippen LogP contribution in [-0.4, -0.2) is 21.6 Å². The number of hydrogen-bond acceptors (Lipinski definition) is 3. The van der Waals surface area contributed by atoms with E-state index in [0.29, 0.717) is 17.2 Å². The van der Waals surface area contributed by atoms with Crippen molar-refractivity contribution < 1.29 is 4.79 Å². The van der Waals surface area contributed by atoms with Crippen LogP contribution in [0.3, 0.4) is 0 Å². The molecule has 1 unspecified atom stereocenters. The third kappa shape index (κ3) is 3.50. The molecule has 0 bridgehead atoms. The Morgan fingerprint density at radius 2 is 2.07 bits per heavy atom. The van der Waals surface area contributed by atoms with Crippen molar-refractivity contribution in [2.75, 3.05) is 0 Å². The molecule has 0 saturated heterocycles. The van der Waals surface area contributed by atoms with Gasteiger partial charge in [0.05, 0.1) is 0 Å². The molecule has 5 heteroatoms. The normalized spacial score (nSPS) is 16.3. The number of benzene rings is 2. The monoisotopic (exact) mass is 389 g/mol. The highest BCUT2D eigenvalue weighted by atomic mass is 32.2. The Bertz CT molecular complexity index is 1130. The molecule has 0 fully saturated rings. The lowest BCUT2D eigenvalue weighted by molar-refractivity contribution is 0.0976. The number of amides is 1. The molecule has 2 heterocycles. The summed E-state index contributed by atoms with van der Waals surface area (Å²) in [5, 5.41) is 13.3. The third-order valence-electron chi connectivity index (χ3n) is 5.06. The van der Waals surface area contributed by atoms with Gasteiger partial charge in [0, 0.05) is 45.6 Å². The predicted molar refractivity (Wildman–Crippen MR) is 119 cm³/mol. The lowest BCUT2D eigenvalue weighted by Crippen LogP contribution is -2.29. The molecule has 0 spiro atoms. The van der Waals surface area contributed by atoms with E-state index >= 15 is 0 Å². The minimum atomic E-state index is -0.252. The second-order valence-electron chi connectivity index (χ2n) is 7.08. The fourth-order valence-corrected chi connectivity index (χ4v) is 4.90. The van der Waals surface area contributed by atoms with E-state index in [9.17, 15) is 4.79 Å². The molecule has 0 radical (unpaired) electrons. The fraction of sp³-hybridized carbons (Fsp3) is 0.217. The van der Waals surface area contributed by atoms with Crippen LogP contribution in [0.5, 0.6) is 0 Å². The summed E-state index contributed by atoms with van der Waals surface area (Å²) in [5.74, 6) is -0.0946. The van der Waals surface area contributed by atoms with Gasteiger partial charge in [-0.05, 0) is 36.4 Å². The van der Waals surface area contributed by atoms with Gasteiger partial charge < -0.3 is 9.88 Å². The van der Waals surface area contributed by atoms with Crippen molar-refractivity contribution >= 4 is 45.3 Å². The Balaban J connectivity index is 1.75. The minimum Gasteiger partial charge on any atom is -0.339 e. The first-order valence-electron chi connectivity index (χ1n) is 9.41. The van der Waals surface area contributed by atoms with Gasteiger partial charge in [0.25, 0.3) is 5.91 Å². The minimum absolute atomic E-state index is 0.157. The van der Waals surface area contributed by atoms with Crippen LogP contribution in [0.25, 0.3) is 21.8 Å². The number of fused-ring (bicyclic) bond motifs is 3. The first kappa shape index (κ1) is 18.6. The molecule has 2 N–H and O–H groups in total. The molecule has 0 saturated carbocycles. The van der Waals surface area contributed by atoms with E-state index in [1.54, 1.807) is 6.08 Å². The van der Waals surface area contributed by atoms with Gasteiger partial charge in [-0.25, -0.2) is 0 Å². The summed E-state index contributed by atoms with van der Waals surface area (Å²) in [6.07, 6.45) is 5.33. The second-order valence-corrected chi connectivity index (χ2v) is 8.62. The molecule has 2 aromatic carbocycles. The molecule has 3 aromatic rings. The maximum atomic E-state index is 12.6. The molecular weight excluding hydrogens is 366 g/mol. The Kier molecular flexibility index (Phi) is 5.09. The van der Waals surface area contributed by atoms with Gasteiger partial charge in [-0.1, -0.05) is 36.4 Å². The van der Waals surface area contributed by atoms with Gasteiger partial charge in [-0.2, -0.15) is 0 Å². The number of thioether (sulfide) groups is 1. The summed E-state index contributed by atoms with van der Waals surface area (Å²) < 4.78 is 2.33. The number of nitrogens with one attached hydrogen (secondary N) is 2. The Labute approximate surface area is 168 Å². The molecule has 4 rings (SSSR count). The summed E-state index contributed by atoms with van der Waals surface area (Å²) in [6, 6.07) is 14.2. The van der Waals surface area contributed by atoms with Crippen LogP contribution in [0.4, 0.5) is 0 Å². The molecule has 1 aromatic heterocycles. The van der Waals surface area contributed by atoms with Crippen LogP contribution >= 0.6 is 11.8 Å². The molecule has 1 amide bonds. The van der Waals surface area contributed by atoms with Crippen LogP contribution in [0, 0.1) is 5.41 Å². The van der Waals surface area contributed by atoms with Crippen molar-refractivity contribution in [3.05, 3.63) is 71.7 Å². The molecule has 1 aliphatic heterocycles. The van der Waals surface area contributed by atoms with Crippen molar-refractivity contribution in [2.24, 2.45) is 0 Å². The largest absolute Gasteiger partial charge is 0.339 e. The number of nitrogens with zero attached hydrogens (tertiary/aromatic N) is 1. The molecule has 142 valence electrons. The quantitative estimate of drug-likeness (QED) is 0.344. The van der Waals surface area contributed by atoms with Crippen LogP contribution < -0.4 is 5.32 Å². The SMILES string of the molecule is C=CCC(=N)NC(=O)c1ccc2c3ccccc3n(CC3CC=C(C)S3)c2c1. The summed E-state index contributed by atoms with van der Waals surface area (Å²) in [4.78, 5) is 14.0. The fourth-order valence-electron chi connectivity index (χ4n) is 3.76. The van der Waals surface area contributed by atoms with Crippen LogP contribution in [0.15, 0.2) is 66.1 Å². The van der Waals surface area contributed by atoms with Crippen molar-refractivity contribution in [1.29, 1.82) is 5.41 Å². The second kappa shape index (κ2) is 7.68. The van der Waals surface area contributed by atoms with E-state index in [2.05, 4.69) is 53.7 Å². The van der Waals surface area contributed by atoms with Crippen molar-refractivity contribution in [2.45, 2.75) is 31.6 Å². The van der Waals surface area contributed by atoms with Gasteiger partial charge >= 0.3 is 0 Å². The van der Waals surface area contributed by atoms with E-state index in [1.807, 2.05) is 30.0 Å². The number of hydrogen-bond donors (Lipinski definition) is 2. The number of allylic oxidation sites excluding steroid dienone is 2. The molecule has 28 heavy (non-hydrogen) atoms. The predicted octanol–water partition coefficient (Wildman–Crippen LogP) is 5.49. The maximum Gasteiger partial charge on any atom is 0.256 e. The summed E-state index contributed by atoms with van der Waals surface area (Å²) >= 11 is 1.93. The van der Waals surface area contributed by atoms with Crippen LogP contribution in [0.2, 0.25) is 0 Å². The van der Waals surface area contributed by atoms with E-state index in [0.717, 1.165) is 23.9 Å². The standard InChI is InChI=1S/C23H23N3OS/c1-3-6-22(24)25-23(27)16-10-12-19-18-7-4-5-8-20(18)26(21(19)13-16)14-17-11-9-15(2)28-17/h3-5,7-10,12-13,17H,1,6,11,14H2,2H3,(H2,24,25,27). The summed E-state index contributed by atoms with van der Waals surface area (Å²) in [5.41, 5.74) is 2.83. The Morgan fingerprint density at radius 1 is 1.29 bits per heavy atom. The smallest absolute Gasteiger partial charge is 0.256 e. The number of carbonyl (C=O) groups is 1.